The first kappa shape index (κ1) is 13.5. The topological polar surface area (TPSA) is 3.24 Å². The van der Waals surface area contributed by atoms with Crippen molar-refractivity contribution in [3.63, 3.8) is 0 Å². The van der Waals surface area contributed by atoms with E-state index in [1.54, 1.807) is 0 Å². The summed E-state index contributed by atoms with van der Waals surface area (Å²) in [6, 6.07) is 0. The first-order chi connectivity index (χ1) is 7.40. The van der Waals surface area contributed by atoms with E-state index in [1.807, 2.05) is 0 Å². The Hall–Kier alpha value is -0.600. The summed E-state index contributed by atoms with van der Waals surface area (Å²) in [5.74, 6) is 0.916. The van der Waals surface area contributed by atoms with Gasteiger partial charge in [0.2, 0.25) is 0 Å². The van der Waals surface area contributed by atoms with Gasteiger partial charge in [-0.05, 0) is 36.3 Å². The molecule has 0 saturated carbocycles. The van der Waals surface area contributed by atoms with Gasteiger partial charge in [-0.2, -0.15) is 12.6 Å². The zero-order valence-corrected chi connectivity index (χ0v) is 11.0. The predicted molar refractivity (Wildman–Crippen MR) is 76.4 cm³/mol. The van der Waals surface area contributed by atoms with Gasteiger partial charge in [0.1, 0.15) is 0 Å². The maximum absolute atomic E-state index is 4.24. The lowest BCUT2D eigenvalue weighted by molar-refractivity contribution is 0.438. The SMILES string of the molecule is Cl.SCCN1C=CC(C2=CCC=CC2)=CC1. The highest BCUT2D eigenvalue weighted by molar-refractivity contribution is 7.80. The number of thiol groups is 1. The van der Waals surface area contributed by atoms with Gasteiger partial charge in [0.05, 0.1) is 0 Å². The van der Waals surface area contributed by atoms with Crippen molar-refractivity contribution in [2.75, 3.05) is 18.8 Å². The maximum atomic E-state index is 4.24. The van der Waals surface area contributed by atoms with Crippen LogP contribution in [-0.2, 0) is 0 Å². The van der Waals surface area contributed by atoms with E-state index in [2.05, 4.69) is 54.1 Å². The third-order valence-corrected chi connectivity index (χ3v) is 2.97. The lowest BCUT2D eigenvalue weighted by atomic mass is 9.96. The first-order valence-electron chi connectivity index (χ1n) is 5.48. The van der Waals surface area contributed by atoms with Crippen LogP contribution in [0.15, 0.2) is 47.7 Å². The van der Waals surface area contributed by atoms with Crippen molar-refractivity contribution in [3.8, 4) is 0 Å². The molecule has 0 aromatic rings. The first-order valence-corrected chi connectivity index (χ1v) is 6.11. The van der Waals surface area contributed by atoms with Gasteiger partial charge in [-0.25, -0.2) is 0 Å². The van der Waals surface area contributed by atoms with Crippen LogP contribution in [0.3, 0.4) is 0 Å². The Labute approximate surface area is 109 Å². The number of allylic oxidation sites excluding steroid dienone is 6. The zero-order valence-electron chi connectivity index (χ0n) is 9.30. The highest BCUT2D eigenvalue weighted by Crippen LogP contribution is 2.22. The van der Waals surface area contributed by atoms with Crippen molar-refractivity contribution >= 4 is 25.0 Å². The summed E-state index contributed by atoms with van der Waals surface area (Å²) >= 11 is 4.24. The molecular formula is C13H18ClNS. The van der Waals surface area contributed by atoms with E-state index in [9.17, 15) is 0 Å². The van der Waals surface area contributed by atoms with E-state index in [0.29, 0.717) is 0 Å². The second-order valence-electron chi connectivity index (χ2n) is 3.83. The van der Waals surface area contributed by atoms with Gasteiger partial charge in [0.15, 0.2) is 0 Å². The van der Waals surface area contributed by atoms with Crippen LogP contribution in [0, 0.1) is 0 Å². The van der Waals surface area contributed by atoms with Crippen molar-refractivity contribution in [1.82, 2.24) is 4.90 Å². The number of hydrogen-bond donors (Lipinski definition) is 1. The molecule has 88 valence electrons. The van der Waals surface area contributed by atoms with Gasteiger partial charge in [0, 0.05) is 18.8 Å². The van der Waals surface area contributed by atoms with Crippen LogP contribution in [0.4, 0.5) is 0 Å². The van der Waals surface area contributed by atoms with Gasteiger partial charge >= 0.3 is 0 Å². The molecule has 0 radical (unpaired) electrons. The van der Waals surface area contributed by atoms with Gasteiger partial charge in [-0.15, -0.1) is 12.4 Å². The molecule has 0 atom stereocenters. The second-order valence-corrected chi connectivity index (χ2v) is 4.28. The van der Waals surface area contributed by atoms with E-state index in [1.165, 1.54) is 11.1 Å². The van der Waals surface area contributed by atoms with Gasteiger partial charge in [-0.1, -0.05) is 24.3 Å². The molecule has 0 aromatic carbocycles. The fourth-order valence-corrected chi connectivity index (χ4v) is 2.16. The summed E-state index contributed by atoms with van der Waals surface area (Å²) in [5, 5.41) is 0. The van der Waals surface area contributed by atoms with Crippen molar-refractivity contribution in [3.05, 3.63) is 47.7 Å². The van der Waals surface area contributed by atoms with Gasteiger partial charge in [-0.3, -0.25) is 0 Å². The van der Waals surface area contributed by atoms with E-state index < -0.39 is 0 Å². The molecule has 0 spiro atoms. The fourth-order valence-electron chi connectivity index (χ4n) is 1.90. The van der Waals surface area contributed by atoms with Crippen molar-refractivity contribution < 1.29 is 0 Å². The van der Waals surface area contributed by atoms with Crippen LogP contribution in [0.2, 0.25) is 0 Å². The fraction of sp³-hybridized carbons (Fsp3) is 0.385. The van der Waals surface area contributed by atoms with Crippen LogP contribution in [0.1, 0.15) is 12.8 Å². The molecule has 0 N–H and O–H groups in total. The molecule has 16 heavy (non-hydrogen) atoms. The predicted octanol–water partition coefficient (Wildman–Crippen LogP) is 3.37. The second kappa shape index (κ2) is 6.87. The van der Waals surface area contributed by atoms with Gasteiger partial charge < -0.3 is 4.90 Å². The average molecular weight is 256 g/mol. The van der Waals surface area contributed by atoms with Crippen LogP contribution >= 0.6 is 25.0 Å². The van der Waals surface area contributed by atoms with Crippen molar-refractivity contribution in [1.29, 1.82) is 0 Å². The van der Waals surface area contributed by atoms with Crippen molar-refractivity contribution in [2.45, 2.75) is 12.8 Å². The van der Waals surface area contributed by atoms with E-state index in [0.717, 1.165) is 31.7 Å². The Bertz CT molecular complexity index is 342. The molecule has 1 heterocycles. The molecule has 0 fully saturated rings. The summed E-state index contributed by atoms with van der Waals surface area (Å²) in [4.78, 5) is 2.29. The monoisotopic (exact) mass is 255 g/mol. The summed E-state index contributed by atoms with van der Waals surface area (Å²) in [5.41, 5.74) is 2.87. The highest BCUT2D eigenvalue weighted by atomic mass is 35.5. The molecule has 0 saturated heterocycles. The molecule has 3 heteroatoms. The third-order valence-electron chi connectivity index (χ3n) is 2.77. The normalized spacial score (nSPS) is 18.9. The molecule has 2 rings (SSSR count). The number of halogens is 1. The van der Waals surface area contributed by atoms with Crippen LogP contribution in [0.5, 0.6) is 0 Å². The number of rotatable bonds is 3. The molecule has 0 unspecified atom stereocenters. The van der Waals surface area contributed by atoms with E-state index >= 15 is 0 Å². The summed E-state index contributed by atoms with van der Waals surface area (Å²) in [7, 11) is 0. The lowest BCUT2D eigenvalue weighted by Gasteiger charge is -2.23. The van der Waals surface area contributed by atoms with Crippen LogP contribution < -0.4 is 0 Å². The Kier molecular flexibility index (Phi) is 5.78. The van der Waals surface area contributed by atoms with Gasteiger partial charge in [0.25, 0.3) is 0 Å². The minimum atomic E-state index is 0. The quantitative estimate of drug-likeness (QED) is 0.598. The molecule has 0 amide bonds. The van der Waals surface area contributed by atoms with Crippen LogP contribution in [0.25, 0.3) is 0 Å². The zero-order chi connectivity index (χ0) is 10.5. The molecule has 1 nitrogen and oxygen atoms in total. The molecule has 1 aliphatic heterocycles. The largest absolute Gasteiger partial charge is 0.373 e. The lowest BCUT2D eigenvalue weighted by Crippen LogP contribution is -2.22. The van der Waals surface area contributed by atoms with Crippen LogP contribution in [-0.4, -0.2) is 23.7 Å². The smallest absolute Gasteiger partial charge is 0.0363 e. The summed E-state index contributed by atoms with van der Waals surface area (Å²) in [6.45, 7) is 2.05. The minimum Gasteiger partial charge on any atom is -0.373 e. The molecule has 1 aliphatic carbocycles. The Balaban J connectivity index is 0.00000128. The third kappa shape index (κ3) is 3.46. The average Bonchev–Trinajstić information content (AvgIpc) is 2.32. The van der Waals surface area contributed by atoms with E-state index in [-0.39, 0.29) is 12.4 Å². The van der Waals surface area contributed by atoms with E-state index in [4.69, 9.17) is 0 Å². The number of hydrogen-bond acceptors (Lipinski definition) is 2. The Morgan fingerprint density at radius 2 is 2.12 bits per heavy atom. The molecular weight excluding hydrogens is 238 g/mol. The highest BCUT2D eigenvalue weighted by Gasteiger charge is 2.07. The van der Waals surface area contributed by atoms with Crippen molar-refractivity contribution in [2.24, 2.45) is 0 Å². The molecule has 0 aromatic heterocycles. The molecule has 2 aliphatic rings. The minimum absolute atomic E-state index is 0. The summed E-state index contributed by atoms with van der Waals surface area (Å²) in [6.07, 6.45) is 15.7. The Morgan fingerprint density at radius 1 is 1.25 bits per heavy atom. The Morgan fingerprint density at radius 3 is 2.69 bits per heavy atom. The maximum Gasteiger partial charge on any atom is 0.0363 e. The standard InChI is InChI=1S/C13H17NS.ClH/c15-11-10-14-8-6-13(7-9-14)12-4-2-1-3-5-12;/h1-2,5-8,15H,3-4,9-11H2;1H. The molecule has 0 bridgehead atoms. The number of nitrogens with zero attached hydrogens (tertiary/aromatic N) is 1. The summed E-state index contributed by atoms with van der Waals surface area (Å²) < 4.78 is 0.